The Morgan fingerprint density at radius 1 is 1.50 bits per heavy atom. The average Bonchev–Trinajstić information content (AvgIpc) is 2.50. The van der Waals surface area contributed by atoms with Crippen molar-refractivity contribution in [3.63, 3.8) is 0 Å². The van der Waals surface area contributed by atoms with Gasteiger partial charge in [-0.15, -0.1) is 0 Å². The van der Waals surface area contributed by atoms with Gasteiger partial charge in [0, 0.05) is 13.0 Å². The van der Waals surface area contributed by atoms with E-state index in [1.54, 1.807) is 0 Å². The Hall–Kier alpha value is -0.370. The second-order valence-corrected chi connectivity index (χ2v) is 4.81. The molecule has 0 bridgehead atoms. The molecule has 82 valence electrons. The molecular weight excluding hydrogens is 176 g/mol. The van der Waals surface area contributed by atoms with Gasteiger partial charge in [-0.05, 0) is 24.7 Å². The van der Waals surface area contributed by atoms with Crippen LogP contribution in [0.2, 0.25) is 0 Å². The second-order valence-electron chi connectivity index (χ2n) is 4.81. The van der Waals surface area contributed by atoms with Crippen molar-refractivity contribution in [3.8, 4) is 0 Å². The van der Waals surface area contributed by atoms with Crippen molar-refractivity contribution in [2.24, 2.45) is 11.8 Å². The zero-order chi connectivity index (χ0) is 10.6. The molecule has 0 N–H and O–H groups in total. The third-order valence-corrected chi connectivity index (χ3v) is 2.91. The maximum absolute atomic E-state index is 11.7. The number of hydrogen-bond donors (Lipinski definition) is 0. The molecule has 2 nitrogen and oxygen atoms in total. The van der Waals surface area contributed by atoms with Crippen molar-refractivity contribution in [3.05, 3.63) is 0 Å². The molecule has 0 aromatic rings. The highest BCUT2D eigenvalue weighted by Crippen LogP contribution is 2.22. The van der Waals surface area contributed by atoms with Crippen molar-refractivity contribution < 1.29 is 9.53 Å². The highest BCUT2D eigenvalue weighted by Gasteiger charge is 2.29. The van der Waals surface area contributed by atoms with E-state index in [1.807, 2.05) is 0 Å². The SMILES string of the molecule is CC(C)CCCC(=O)C1OCCC1C. The smallest absolute Gasteiger partial charge is 0.161 e. The summed E-state index contributed by atoms with van der Waals surface area (Å²) >= 11 is 0. The molecule has 1 rings (SSSR count). The van der Waals surface area contributed by atoms with Crippen LogP contribution in [0.4, 0.5) is 0 Å². The molecule has 0 amide bonds. The Morgan fingerprint density at radius 2 is 2.21 bits per heavy atom. The summed E-state index contributed by atoms with van der Waals surface area (Å²) < 4.78 is 5.43. The molecule has 0 aromatic heterocycles. The molecule has 0 aromatic carbocycles. The van der Waals surface area contributed by atoms with Crippen LogP contribution in [-0.2, 0) is 9.53 Å². The summed E-state index contributed by atoms with van der Waals surface area (Å²) in [5.74, 6) is 1.45. The van der Waals surface area contributed by atoms with Gasteiger partial charge in [-0.2, -0.15) is 0 Å². The number of ether oxygens (including phenoxy) is 1. The van der Waals surface area contributed by atoms with E-state index in [2.05, 4.69) is 20.8 Å². The second kappa shape index (κ2) is 5.50. The van der Waals surface area contributed by atoms with Crippen LogP contribution < -0.4 is 0 Å². The molecule has 0 aliphatic carbocycles. The molecule has 2 atom stereocenters. The van der Waals surface area contributed by atoms with Crippen LogP contribution in [-0.4, -0.2) is 18.5 Å². The number of rotatable bonds is 5. The molecule has 1 saturated heterocycles. The summed E-state index contributed by atoms with van der Waals surface area (Å²) in [5, 5.41) is 0. The normalized spacial score (nSPS) is 27.1. The first-order chi connectivity index (χ1) is 6.61. The number of Topliss-reactive ketones (excluding diaryl/α,β-unsaturated/α-hetero) is 1. The molecule has 1 aliphatic rings. The molecule has 0 spiro atoms. The van der Waals surface area contributed by atoms with Crippen LogP contribution in [0.25, 0.3) is 0 Å². The van der Waals surface area contributed by atoms with E-state index in [0.29, 0.717) is 24.0 Å². The molecule has 2 heteroatoms. The van der Waals surface area contributed by atoms with E-state index >= 15 is 0 Å². The Morgan fingerprint density at radius 3 is 2.71 bits per heavy atom. The van der Waals surface area contributed by atoms with Gasteiger partial charge in [-0.25, -0.2) is 0 Å². The van der Waals surface area contributed by atoms with Crippen molar-refractivity contribution in [1.82, 2.24) is 0 Å². The summed E-state index contributed by atoms with van der Waals surface area (Å²) in [7, 11) is 0. The summed E-state index contributed by atoms with van der Waals surface area (Å²) in [5.41, 5.74) is 0. The lowest BCUT2D eigenvalue weighted by molar-refractivity contribution is -0.129. The number of carbonyl (C=O) groups excluding carboxylic acids is 1. The minimum Gasteiger partial charge on any atom is -0.370 e. The van der Waals surface area contributed by atoms with Gasteiger partial charge < -0.3 is 4.74 Å². The molecule has 1 aliphatic heterocycles. The number of carbonyl (C=O) groups is 1. The third kappa shape index (κ3) is 3.41. The maximum Gasteiger partial charge on any atom is 0.161 e. The number of ketones is 1. The topological polar surface area (TPSA) is 26.3 Å². The lowest BCUT2D eigenvalue weighted by Gasteiger charge is -2.13. The van der Waals surface area contributed by atoms with Gasteiger partial charge in [0.1, 0.15) is 6.10 Å². The van der Waals surface area contributed by atoms with E-state index in [1.165, 1.54) is 0 Å². The fourth-order valence-corrected chi connectivity index (χ4v) is 1.93. The molecule has 1 fully saturated rings. The molecule has 0 saturated carbocycles. The predicted molar refractivity (Wildman–Crippen MR) is 57.2 cm³/mol. The monoisotopic (exact) mass is 198 g/mol. The lowest BCUT2D eigenvalue weighted by Crippen LogP contribution is -2.24. The van der Waals surface area contributed by atoms with E-state index < -0.39 is 0 Å². The summed E-state index contributed by atoms with van der Waals surface area (Å²) in [4.78, 5) is 11.7. The van der Waals surface area contributed by atoms with Crippen molar-refractivity contribution >= 4 is 5.78 Å². The molecule has 14 heavy (non-hydrogen) atoms. The van der Waals surface area contributed by atoms with Crippen molar-refractivity contribution in [2.75, 3.05) is 6.61 Å². The fraction of sp³-hybridized carbons (Fsp3) is 0.917. The highest BCUT2D eigenvalue weighted by atomic mass is 16.5. The number of hydrogen-bond acceptors (Lipinski definition) is 2. The predicted octanol–water partition coefficient (Wildman–Crippen LogP) is 2.81. The fourth-order valence-electron chi connectivity index (χ4n) is 1.93. The zero-order valence-electron chi connectivity index (χ0n) is 9.58. The lowest BCUT2D eigenvalue weighted by atomic mass is 9.96. The third-order valence-electron chi connectivity index (χ3n) is 2.91. The van der Waals surface area contributed by atoms with Crippen molar-refractivity contribution in [1.29, 1.82) is 0 Å². The Bertz CT molecular complexity index is 187. The van der Waals surface area contributed by atoms with Gasteiger partial charge in [0.05, 0.1) is 0 Å². The van der Waals surface area contributed by atoms with E-state index in [4.69, 9.17) is 4.74 Å². The van der Waals surface area contributed by atoms with Crippen molar-refractivity contribution in [2.45, 2.75) is 52.6 Å². The first kappa shape index (κ1) is 11.7. The van der Waals surface area contributed by atoms with Gasteiger partial charge in [0.15, 0.2) is 5.78 Å². The van der Waals surface area contributed by atoms with E-state index in [-0.39, 0.29) is 6.10 Å². The van der Waals surface area contributed by atoms with Crippen LogP contribution in [0.15, 0.2) is 0 Å². The average molecular weight is 198 g/mol. The van der Waals surface area contributed by atoms with Gasteiger partial charge in [-0.3, -0.25) is 4.79 Å². The summed E-state index contributed by atoms with van der Waals surface area (Å²) in [6.07, 6.45) is 3.81. The maximum atomic E-state index is 11.7. The summed E-state index contributed by atoms with van der Waals surface area (Å²) in [6.45, 7) is 7.26. The van der Waals surface area contributed by atoms with Gasteiger partial charge >= 0.3 is 0 Å². The van der Waals surface area contributed by atoms with Crippen LogP contribution in [0.5, 0.6) is 0 Å². The highest BCUT2D eigenvalue weighted by molar-refractivity contribution is 5.83. The standard InChI is InChI=1S/C12H22O2/c1-9(2)5-4-6-11(13)12-10(3)7-8-14-12/h9-10,12H,4-8H2,1-3H3. The first-order valence-electron chi connectivity index (χ1n) is 5.75. The van der Waals surface area contributed by atoms with Gasteiger partial charge in [0.2, 0.25) is 0 Å². The van der Waals surface area contributed by atoms with Crippen LogP contribution in [0.3, 0.4) is 0 Å². The van der Waals surface area contributed by atoms with Crippen LogP contribution >= 0.6 is 0 Å². The van der Waals surface area contributed by atoms with Gasteiger partial charge in [0.25, 0.3) is 0 Å². The minimum atomic E-state index is -0.0952. The molecular formula is C12H22O2. The van der Waals surface area contributed by atoms with Crippen LogP contribution in [0, 0.1) is 11.8 Å². The largest absolute Gasteiger partial charge is 0.370 e. The van der Waals surface area contributed by atoms with Gasteiger partial charge in [-0.1, -0.05) is 27.2 Å². The summed E-state index contributed by atoms with van der Waals surface area (Å²) in [6, 6.07) is 0. The van der Waals surface area contributed by atoms with Crippen LogP contribution in [0.1, 0.15) is 46.5 Å². The minimum absolute atomic E-state index is 0.0952. The quantitative estimate of drug-likeness (QED) is 0.679. The molecule has 1 heterocycles. The first-order valence-corrected chi connectivity index (χ1v) is 5.75. The van der Waals surface area contributed by atoms with E-state index in [0.717, 1.165) is 25.9 Å². The Labute approximate surface area is 87.0 Å². The Kier molecular flexibility index (Phi) is 4.59. The van der Waals surface area contributed by atoms with E-state index in [9.17, 15) is 4.79 Å². The molecule has 0 radical (unpaired) electrons. The zero-order valence-corrected chi connectivity index (χ0v) is 9.58. The molecule has 2 unspecified atom stereocenters. The Balaban J connectivity index is 2.21.